The number of fused-ring (bicyclic) bond motifs is 1. The van der Waals surface area contributed by atoms with Gasteiger partial charge in [0.25, 0.3) is 5.91 Å². The molecule has 104 valence electrons. The number of nitrogens with one attached hydrogen (secondary N) is 1. The number of rotatable bonds is 2. The Labute approximate surface area is 122 Å². The van der Waals surface area contributed by atoms with Gasteiger partial charge in [0.15, 0.2) is 0 Å². The quantitative estimate of drug-likeness (QED) is 0.780. The van der Waals surface area contributed by atoms with Crippen LogP contribution in [0.4, 0.5) is 5.82 Å². The number of pyridine rings is 2. The number of hydrogen-bond donors (Lipinski definition) is 1. The highest BCUT2D eigenvalue weighted by molar-refractivity contribution is 6.06. The molecule has 4 nitrogen and oxygen atoms in total. The van der Waals surface area contributed by atoms with Gasteiger partial charge in [0.1, 0.15) is 5.82 Å². The van der Waals surface area contributed by atoms with E-state index in [9.17, 15) is 4.79 Å². The lowest BCUT2D eigenvalue weighted by Gasteiger charge is -2.08. The molecule has 0 atom stereocenters. The summed E-state index contributed by atoms with van der Waals surface area (Å²) < 4.78 is 0. The fraction of sp³-hybridized carbons (Fsp3) is 0.118. The van der Waals surface area contributed by atoms with Gasteiger partial charge in [-0.15, -0.1) is 0 Å². The van der Waals surface area contributed by atoms with Gasteiger partial charge in [0.2, 0.25) is 0 Å². The molecule has 0 bridgehead atoms. The molecule has 0 spiro atoms. The number of hydrogen-bond acceptors (Lipinski definition) is 3. The summed E-state index contributed by atoms with van der Waals surface area (Å²) in [5.74, 6) is 0.358. The maximum absolute atomic E-state index is 12.4. The van der Waals surface area contributed by atoms with Gasteiger partial charge in [-0.2, -0.15) is 0 Å². The van der Waals surface area contributed by atoms with Crippen LogP contribution in [-0.4, -0.2) is 15.9 Å². The maximum atomic E-state index is 12.4. The van der Waals surface area contributed by atoms with Crippen molar-refractivity contribution in [2.75, 3.05) is 5.32 Å². The molecule has 1 aromatic carbocycles. The van der Waals surface area contributed by atoms with E-state index in [1.807, 2.05) is 56.3 Å². The summed E-state index contributed by atoms with van der Waals surface area (Å²) in [6, 6.07) is 15.1. The highest BCUT2D eigenvalue weighted by Crippen LogP contribution is 2.17. The van der Waals surface area contributed by atoms with Crippen molar-refractivity contribution >= 4 is 22.6 Å². The van der Waals surface area contributed by atoms with E-state index in [0.29, 0.717) is 17.1 Å². The van der Waals surface area contributed by atoms with Crippen molar-refractivity contribution in [1.29, 1.82) is 0 Å². The third-order valence-electron chi connectivity index (χ3n) is 3.29. The van der Waals surface area contributed by atoms with Crippen molar-refractivity contribution in [1.82, 2.24) is 9.97 Å². The number of anilines is 1. The topological polar surface area (TPSA) is 54.9 Å². The summed E-state index contributed by atoms with van der Waals surface area (Å²) >= 11 is 0. The average Bonchev–Trinajstić information content (AvgIpc) is 2.46. The number of para-hydroxylation sites is 1. The van der Waals surface area contributed by atoms with Crippen molar-refractivity contribution in [3.05, 3.63) is 65.5 Å². The number of aromatic nitrogens is 2. The van der Waals surface area contributed by atoms with Gasteiger partial charge in [-0.25, -0.2) is 4.98 Å². The molecule has 0 aliphatic carbocycles. The van der Waals surface area contributed by atoms with Gasteiger partial charge in [-0.3, -0.25) is 9.78 Å². The summed E-state index contributed by atoms with van der Waals surface area (Å²) in [6.45, 7) is 3.73. The first kappa shape index (κ1) is 13.2. The van der Waals surface area contributed by atoms with E-state index >= 15 is 0 Å². The summed E-state index contributed by atoms with van der Waals surface area (Å²) in [5, 5.41) is 3.76. The summed E-state index contributed by atoms with van der Waals surface area (Å²) in [5.41, 5.74) is 3.03. The molecular weight excluding hydrogens is 262 g/mol. The highest BCUT2D eigenvalue weighted by atomic mass is 16.1. The summed E-state index contributed by atoms with van der Waals surface area (Å²) in [4.78, 5) is 21.2. The van der Waals surface area contributed by atoms with E-state index in [4.69, 9.17) is 0 Å². The molecular formula is C17H15N3O. The Bertz CT molecular complexity index is 827. The van der Waals surface area contributed by atoms with Gasteiger partial charge in [0.05, 0.1) is 16.8 Å². The molecule has 0 aliphatic heterocycles. The van der Waals surface area contributed by atoms with E-state index in [1.54, 1.807) is 6.07 Å². The minimum absolute atomic E-state index is 0.191. The molecule has 0 radical (unpaired) electrons. The molecule has 1 N–H and O–H groups in total. The molecule has 3 rings (SSSR count). The Morgan fingerprint density at radius 2 is 1.81 bits per heavy atom. The van der Waals surface area contributed by atoms with Crippen molar-refractivity contribution in [3.8, 4) is 0 Å². The van der Waals surface area contributed by atoms with E-state index in [-0.39, 0.29) is 5.91 Å². The molecule has 2 heterocycles. The van der Waals surface area contributed by atoms with Crippen molar-refractivity contribution in [2.24, 2.45) is 0 Å². The molecule has 0 fully saturated rings. The van der Waals surface area contributed by atoms with Crippen LogP contribution in [0.2, 0.25) is 0 Å². The van der Waals surface area contributed by atoms with Gasteiger partial charge in [0, 0.05) is 11.1 Å². The van der Waals surface area contributed by atoms with Gasteiger partial charge >= 0.3 is 0 Å². The summed E-state index contributed by atoms with van der Waals surface area (Å²) in [7, 11) is 0. The van der Waals surface area contributed by atoms with Crippen LogP contribution in [0.25, 0.3) is 10.9 Å². The zero-order valence-electron chi connectivity index (χ0n) is 11.9. The molecule has 0 saturated carbocycles. The SMILES string of the molecule is Cc1cccc(NC(=O)c2cc3ccccc3nc2C)n1. The van der Waals surface area contributed by atoms with Crippen LogP contribution in [0.1, 0.15) is 21.7 Å². The van der Waals surface area contributed by atoms with Gasteiger partial charge < -0.3 is 5.32 Å². The van der Waals surface area contributed by atoms with Crippen LogP contribution < -0.4 is 5.32 Å². The minimum Gasteiger partial charge on any atom is -0.306 e. The second-order valence-corrected chi connectivity index (χ2v) is 4.93. The van der Waals surface area contributed by atoms with Crippen LogP contribution in [0.5, 0.6) is 0 Å². The number of aryl methyl sites for hydroxylation is 2. The molecule has 0 saturated heterocycles. The lowest BCUT2D eigenvalue weighted by molar-refractivity contribution is 0.102. The molecule has 3 aromatic rings. The average molecular weight is 277 g/mol. The van der Waals surface area contributed by atoms with Crippen molar-refractivity contribution < 1.29 is 4.79 Å². The first-order chi connectivity index (χ1) is 10.1. The lowest BCUT2D eigenvalue weighted by atomic mass is 10.1. The van der Waals surface area contributed by atoms with Gasteiger partial charge in [-0.05, 0) is 38.1 Å². The third-order valence-corrected chi connectivity index (χ3v) is 3.29. The largest absolute Gasteiger partial charge is 0.306 e. The number of carbonyl (C=O) groups excluding carboxylic acids is 1. The normalized spacial score (nSPS) is 10.6. The Hall–Kier alpha value is -2.75. The van der Waals surface area contributed by atoms with Crippen LogP contribution in [0.3, 0.4) is 0 Å². The van der Waals surface area contributed by atoms with Crippen LogP contribution in [0, 0.1) is 13.8 Å². The maximum Gasteiger partial charge on any atom is 0.258 e. The number of carbonyl (C=O) groups is 1. The molecule has 4 heteroatoms. The van der Waals surface area contributed by atoms with E-state index < -0.39 is 0 Å². The van der Waals surface area contributed by atoms with Crippen LogP contribution in [0.15, 0.2) is 48.5 Å². The fourth-order valence-electron chi connectivity index (χ4n) is 2.24. The van der Waals surface area contributed by atoms with E-state index in [2.05, 4.69) is 15.3 Å². The Kier molecular flexibility index (Phi) is 3.36. The zero-order chi connectivity index (χ0) is 14.8. The highest BCUT2D eigenvalue weighted by Gasteiger charge is 2.12. The van der Waals surface area contributed by atoms with Crippen molar-refractivity contribution in [3.63, 3.8) is 0 Å². The Morgan fingerprint density at radius 3 is 2.62 bits per heavy atom. The predicted octanol–water partition coefficient (Wildman–Crippen LogP) is 3.50. The number of benzene rings is 1. The molecule has 21 heavy (non-hydrogen) atoms. The summed E-state index contributed by atoms with van der Waals surface area (Å²) in [6.07, 6.45) is 0. The van der Waals surface area contributed by atoms with Crippen molar-refractivity contribution in [2.45, 2.75) is 13.8 Å². The molecule has 1 amide bonds. The molecule has 0 aliphatic rings. The first-order valence-electron chi connectivity index (χ1n) is 6.75. The second-order valence-electron chi connectivity index (χ2n) is 4.93. The fourth-order valence-corrected chi connectivity index (χ4v) is 2.24. The first-order valence-corrected chi connectivity index (χ1v) is 6.75. The Morgan fingerprint density at radius 1 is 1.00 bits per heavy atom. The minimum atomic E-state index is -0.191. The molecule has 2 aromatic heterocycles. The predicted molar refractivity (Wildman–Crippen MR) is 83.4 cm³/mol. The lowest BCUT2D eigenvalue weighted by Crippen LogP contribution is -2.15. The number of nitrogens with zero attached hydrogens (tertiary/aromatic N) is 2. The number of amides is 1. The van der Waals surface area contributed by atoms with E-state index in [1.165, 1.54) is 0 Å². The van der Waals surface area contributed by atoms with E-state index in [0.717, 1.165) is 16.6 Å². The van der Waals surface area contributed by atoms with Gasteiger partial charge in [-0.1, -0.05) is 24.3 Å². The van der Waals surface area contributed by atoms with Crippen LogP contribution >= 0.6 is 0 Å². The monoisotopic (exact) mass is 277 g/mol. The Balaban J connectivity index is 1.96. The zero-order valence-corrected chi connectivity index (χ0v) is 11.9. The standard InChI is InChI=1S/C17H15N3O/c1-11-6-5-9-16(18-11)20-17(21)14-10-13-7-3-4-8-15(13)19-12(14)2/h3-10H,1-2H3,(H,18,20,21). The second kappa shape index (κ2) is 5.32. The third kappa shape index (κ3) is 2.74. The smallest absolute Gasteiger partial charge is 0.258 e. The van der Waals surface area contributed by atoms with Crippen LogP contribution in [-0.2, 0) is 0 Å². The molecule has 0 unspecified atom stereocenters.